The largest absolute Gasteiger partial charge is 0.447 e. The molecule has 2 heterocycles. The standard InChI is InChI=1S/C9H9N3O2S/c1-2-7-10-9(12-11-7)15-8-4-3-6(5-13)14-8/h3-5H,2H2,1H3,(H,10,11,12). The van der Waals surface area contributed by atoms with Gasteiger partial charge in [-0.1, -0.05) is 6.92 Å². The Balaban J connectivity index is 2.10. The van der Waals surface area contributed by atoms with E-state index in [9.17, 15) is 4.79 Å². The number of aldehydes is 1. The van der Waals surface area contributed by atoms with Gasteiger partial charge in [-0.05, 0) is 23.9 Å². The summed E-state index contributed by atoms with van der Waals surface area (Å²) in [4.78, 5) is 14.6. The number of hydrogen-bond acceptors (Lipinski definition) is 5. The van der Waals surface area contributed by atoms with Gasteiger partial charge in [0, 0.05) is 6.42 Å². The topological polar surface area (TPSA) is 71.8 Å². The van der Waals surface area contributed by atoms with Crippen molar-refractivity contribution in [3.8, 4) is 0 Å². The van der Waals surface area contributed by atoms with Crippen molar-refractivity contribution in [2.45, 2.75) is 23.6 Å². The summed E-state index contributed by atoms with van der Waals surface area (Å²) < 4.78 is 5.18. The molecular formula is C9H9N3O2S. The third-order valence-corrected chi connectivity index (χ3v) is 2.54. The van der Waals surface area contributed by atoms with Crippen molar-refractivity contribution in [2.24, 2.45) is 0 Å². The number of carbonyl (C=O) groups is 1. The fourth-order valence-electron chi connectivity index (χ4n) is 1.02. The molecule has 15 heavy (non-hydrogen) atoms. The summed E-state index contributed by atoms with van der Waals surface area (Å²) in [7, 11) is 0. The molecule has 0 fully saturated rings. The molecule has 2 aromatic rings. The highest BCUT2D eigenvalue weighted by molar-refractivity contribution is 7.99. The predicted octanol–water partition coefficient (Wildman–Crippen LogP) is 1.92. The predicted molar refractivity (Wildman–Crippen MR) is 54.0 cm³/mol. The Hall–Kier alpha value is -1.56. The second-order valence-electron chi connectivity index (χ2n) is 2.79. The molecule has 0 saturated carbocycles. The molecule has 0 saturated heterocycles. The van der Waals surface area contributed by atoms with E-state index in [-0.39, 0.29) is 0 Å². The van der Waals surface area contributed by atoms with Gasteiger partial charge in [0.1, 0.15) is 5.82 Å². The molecule has 78 valence electrons. The molecule has 0 aliphatic heterocycles. The lowest BCUT2D eigenvalue weighted by molar-refractivity contribution is 0.109. The second-order valence-corrected chi connectivity index (χ2v) is 3.77. The fourth-order valence-corrected chi connectivity index (χ4v) is 1.73. The summed E-state index contributed by atoms with van der Waals surface area (Å²) in [5, 5.41) is 8.01. The van der Waals surface area contributed by atoms with Gasteiger partial charge in [-0.2, -0.15) is 0 Å². The Labute approximate surface area is 90.3 Å². The van der Waals surface area contributed by atoms with Gasteiger partial charge < -0.3 is 4.42 Å². The van der Waals surface area contributed by atoms with Crippen molar-refractivity contribution in [2.75, 3.05) is 0 Å². The van der Waals surface area contributed by atoms with Gasteiger partial charge in [-0.3, -0.25) is 9.89 Å². The van der Waals surface area contributed by atoms with Crippen molar-refractivity contribution < 1.29 is 9.21 Å². The van der Waals surface area contributed by atoms with Crippen LogP contribution in [0.25, 0.3) is 0 Å². The summed E-state index contributed by atoms with van der Waals surface area (Å²) in [6.45, 7) is 1.99. The summed E-state index contributed by atoms with van der Waals surface area (Å²) in [6.07, 6.45) is 1.48. The number of nitrogens with zero attached hydrogens (tertiary/aromatic N) is 2. The quantitative estimate of drug-likeness (QED) is 0.802. The fraction of sp³-hybridized carbons (Fsp3) is 0.222. The van der Waals surface area contributed by atoms with Crippen molar-refractivity contribution in [1.82, 2.24) is 15.2 Å². The van der Waals surface area contributed by atoms with Crippen LogP contribution in [-0.4, -0.2) is 21.5 Å². The minimum atomic E-state index is 0.309. The first kappa shape index (κ1) is 9.97. The Morgan fingerprint density at radius 1 is 1.60 bits per heavy atom. The third-order valence-electron chi connectivity index (χ3n) is 1.76. The molecule has 2 rings (SSSR count). The van der Waals surface area contributed by atoms with E-state index < -0.39 is 0 Å². The summed E-state index contributed by atoms with van der Waals surface area (Å²) in [5.74, 6) is 1.14. The van der Waals surface area contributed by atoms with Gasteiger partial charge in [-0.15, -0.1) is 5.10 Å². The first-order chi connectivity index (χ1) is 7.31. The van der Waals surface area contributed by atoms with Crippen molar-refractivity contribution >= 4 is 18.0 Å². The van der Waals surface area contributed by atoms with Gasteiger partial charge >= 0.3 is 0 Å². The number of aromatic amines is 1. The second kappa shape index (κ2) is 4.31. The zero-order valence-electron chi connectivity index (χ0n) is 8.06. The number of carbonyl (C=O) groups excluding carboxylic acids is 1. The van der Waals surface area contributed by atoms with E-state index in [0.29, 0.717) is 22.3 Å². The van der Waals surface area contributed by atoms with Crippen LogP contribution in [-0.2, 0) is 6.42 Å². The number of furan rings is 1. The van der Waals surface area contributed by atoms with E-state index in [1.54, 1.807) is 12.1 Å². The average Bonchev–Trinajstić information content (AvgIpc) is 2.87. The van der Waals surface area contributed by atoms with E-state index >= 15 is 0 Å². The number of aromatic nitrogens is 3. The number of hydrogen-bond donors (Lipinski definition) is 1. The molecule has 0 aromatic carbocycles. The van der Waals surface area contributed by atoms with Crippen molar-refractivity contribution in [3.05, 3.63) is 23.7 Å². The molecule has 0 radical (unpaired) electrons. The van der Waals surface area contributed by atoms with Gasteiger partial charge in [0.15, 0.2) is 17.1 Å². The monoisotopic (exact) mass is 223 g/mol. The maximum Gasteiger partial charge on any atom is 0.216 e. The third kappa shape index (κ3) is 2.27. The Kier molecular flexibility index (Phi) is 2.86. The van der Waals surface area contributed by atoms with Gasteiger partial charge in [0.2, 0.25) is 5.16 Å². The molecule has 0 amide bonds. The van der Waals surface area contributed by atoms with Crippen LogP contribution in [0.15, 0.2) is 26.8 Å². The van der Waals surface area contributed by atoms with Gasteiger partial charge in [0.05, 0.1) is 0 Å². The number of nitrogens with one attached hydrogen (secondary N) is 1. The summed E-state index contributed by atoms with van der Waals surface area (Å²) in [5.41, 5.74) is 0. The number of aryl methyl sites for hydroxylation is 1. The molecule has 0 bridgehead atoms. The molecule has 0 aliphatic rings. The van der Waals surface area contributed by atoms with Crippen LogP contribution in [0.3, 0.4) is 0 Å². The molecule has 1 N–H and O–H groups in total. The van der Waals surface area contributed by atoms with Crippen LogP contribution in [0.2, 0.25) is 0 Å². The molecule has 2 aromatic heterocycles. The molecular weight excluding hydrogens is 214 g/mol. The molecule has 0 atom stereocenters. The zero-order valence-corrected chi connectivity index (χ0v) is 8.87. The van der Waals surface area contributed by atoms with Crippen LogP contribution in [0.4, 0.5) is 0 Å². The lowest BCUT2D eigenvalue weighted by Gasteiger charge is -1.88. The number of rotatable bonds is 4. The maximum atomic E-state index is 10.4. The Morgan fingerprint density at radius 2 is 2.47 bits per heavy atom. The van der Waals surface area contributed by atoms with Crippen molar-refractivity contribution in [3.63, 3.8) is 0 Å². The van der Waals surface area contributed by atoms with Crippen LogP contribution >= 0.6 is 11.8 Å². The molecule has 6 heteroatoms. The van der Waals surface area contributed by atoms with E-state index in [1.807, 2.05) is 6.92 Å². The lowest BCUT2D eigenvalue weighted by Crippen LogP contribution is -1.80. The van der Waals surface area contributed by atoms with Crippen LogP contribution in [0, 0.1) is 0 Å². The van der Waals surface area contributed by atoms with Crippen LogP contribution < -0.4 is 0 Å². The Morgan fingerprint density at radius 3 is 3.07 bits per heavy atom. The van der Waals surface area contributed by atoms with E-state index in [1.165, 1.54) is 11.8 Å². The lowest BCUT2D eigenvalue weighted by atomic mass is 10.5. The Bertz CT molecular complexity index is 463. The highest BCUT2D eigenvalue weighted by Gasteiger charge is 2.07. The SMILES string of the molecule is CCc1nc(Sc2ccc(C=O)o2)n[nH]1. The normalized spacial score (nSPS) is 10.5. The molecule has 5 nitrogen and oxygen atoms in total. The average molecular weight is 223 g/mol. The van der Waals surface area contributed by atoms with E-state index in [2.05, 4.69) is 15.2 Å². The van der Waals surface area contributed by atoms with Gasteiger partial charge in [0.25, 0.3) is 0 Å². The summed E-state index contributed by atoms with van der Waals surface area (Å²) in [6, 6.07) is 3.33. The molecule has 0 aliphatic carbocycles. The zero-order chi connectivity index (χ0) is 10.7. The summed E-state index contributed by atoms with van der Waals surface area (Å²) >= 11 is 1.28. The van der Waals surface area contributed by atoms with E-state index in [4.69, 9.17) is 4.42 Å². The highest BCUT2D eigenvalue weighted by Crippen LogP contribution is 2.25. The highest BCUT2D eigenvalue weighted by atomic mass is 32.2. The maximum absolute atomic E-state index is 10.4. The van der Waals surface area contributed by atoms with Crippen LogP contribution in [0.5, 0.6) is 0 Å². The minimum Gasteiger partial charge on any atom is -0.447 e. The number of H-pyrrole nitrogens is 1. The van der Waals surface area contributed by atoms with Gasteiger partial charge in [-0.25, -0.2) is 4.98 Å². The molecule has 0 unspecified atom stereocenters. The van der Waals surface area contributed by atoms with Crippen molar-refractivity contribution in [1.29, 1.82) is 0 Å². The smallest absolute Gasteiger partial charge is 0.216 e. The minimum absolute atomic E-state index is 0.309. The first-order valence-electron chi connectivity index (χ1n) is 4.46. The molecule has 0 spiro atoms. The first-order valence-corrected chi connectivity index (χ1v) is 5.27. The van der Waals surface area contributed by atoms with E-state index in [0.717, 1.165) is 12.2 Å². The van der Waals surface area contributed by atoms with Crippen LogP contribution in [0.1, 0.15) is 23.3 Å².